The number of likely N-dealkylation sites (tertiary alicyclic amines) is 1. The van der Waals surface area contributed by atoms with Crippen molar-refractivity contribution in [3.8, 4) is 0 Å². The van der Waals surface area contributed by atoms with E-state index in [1.165, 1.54) is 0 Å². The van der Waals surface area contributed by atoms with Gasteiger partial charge in [0.05, 0.1) is 12.7 Å². The molecule has 82 valence electrons. The van der Waals surface area contributed by atoms with Crippen molar-refractivity contribution >= 4 is 17.5 Å². The number of carbonyl (C=O) groups is 1. The van der Waals surface area contributed by atoms with E-state index in [0.29, 0.717) is 25.0 Å². The first-order valence-electron chi connectivity index (χ1n) is 5.23. The third-order valence-corrected chi connectivity index (χ3v) is 2.68. The molecule has 1 amide bonds. The van der Waals surface area contributed by atoms with E-state index >= 15 is 0 Å². The normalized spacial score (nSPS) is 18.6. The molecule has 0 radical (unpaired) electrons. The van der Waals surface area contributed by atoms with E-state index in [0.717, 1.165) is 25.9 Å². The standard InChI is InChI=1S/C10H18ClNO2/c1-2-10(13)12-6-3-9(4-7-12)14-8-5-11/h9H,2-8H2,1H3. The highest BCUT2D eigenvalue weighted by Crippen LogP contribution is 2.14. The molecule has 0 aromatic rings. The van der Waals surface area contributed by atoms with Crippen molar-refractivity contribution in [2.45, 2.75) is 32.3 Å². The number of hydrogen-bond acceptors (Lipinski definition) is 2. The summed E-state index contributed by atoms with van der Waals surface area (Å²) in [6, 6.07) is 0. The minimum absolute atomic E-state index is 0.251. The van der Waals surface area contributed by atoms with Crippen LogP contribution in [0.1, 0.15) is 26.2 Å². The third kappa shape index (κ3) is 3.46. The molecule has 0 bridgehead atoms. The van der Waals surface area contributed by atoms with Gasteiger partial charge in [0.1, 0.15) is 0 Å². The van der Waals surface area contributed by atoms with Gasteiger partial charge in [-0.25, -0.2) is 0 Å². The number of carbonyl (C=O) groups excluding carboxylic acids is 1. The Morgan fingerprint density at radius 3 is 2.64 bits per heavy atom. The van der Waals surface area contributed by atoms with E-state index < -0.39 is 0 Å². The molecule has 0 unspecified atom stereocenters. The molecule has 0 saturated carbocycles. The van der Waals surface area contributed by atoms with Crippen LogP contribution in [0, 0.1) is 0 Å². The molecule has 1 aliphatic rings. The number of hydrogen-bond donors (Lipinski definition) is 0. The summed E-state index contributed by atoms with van der Waals surface area (Å²) in [7, 11) is 0. The molecule has 1 aliphatic heterocycles. The van der Waals surface area contributed by atoms with Crippen LogP contribution in [0.15, 0.2) is 0 Å². The summed E-state index contributed by atoms with van der Waals surface area (Å²) in [6.07, 6.45) is 2.80. The summed E-state index contributed by atoms with van der Waals surface area (Å²) < 4.78 is 5.52. The van der Waals surface area contributed by atoms with Gasteiger partial charge in [0.15, 0.2) is 0 Å². The first-order valence-corrected chi connectivity index (χ1v) is 5.76. The molecule has 14 heavy (non-hydrogen) atoms. The van der Waals surface area contributed by atoms with Gasteiger partial charge in [0, 0.05) is 25.4 Å². The minimum Gasteiger partial charge on any atom is -0.377 e. The van der Waals surface area contributed by atoms with Crippen LogP contribution in [-0.4, -0.2) is 42.5 Å². The average molecular weight is 220 g/mol. The predicted molar refractivity (Wildman–Crippen MR) is 56.6 cm³/mol. The van der Waals surface area contributed by atoms with Crippen LogP contribution >= 0.6 is 11.6 Å². The molecule has 1 fully saturated rings. The molecular weight excluding hydrogens is 202 g/mol. The second-order valence-electron chi connectivity index (χ2n) is 3.49. The summed E-state index contributed by atoms with van der Waals surface area (Å²) in [5, 5.41) is 0. The lowest BCUT2D eigenvalue weighted by molar-refractivity contribution is -0.133. The molecule has 0 aromatic heterocycles. The summed E-state index contributed by atoms with van der Waals surface area (Å²) in [5.74, 6) is 0.800. The van der Waals surface area contributed by atoms with Crippen molar-refractivity contribution in [1.29, 1.82) is 0 Å². The molecule has 0 aromatic carbocycles. The predicted octanol–water partition coefficient (Wildman–Crippen LogP) is 1.64. The van der Waals surface area contributed by atoms with Crippen LogP contribution in [-0.2, 0) is 9.53 Å². The lowest BCUT2D eigenvalue weighted by Crippen LogP contribution is -2.40. The van der Waals surface area contributed by atoms with Gasteiger partial charge >= 0.3 is 0 Å². The van der Waals surface area contributed by atoms with Crippen molar-refractivity contribution < 1.29 is 9.53 Å². The zero-order valence-corrected chi connectivity index (χ0v) is 9.42. The van der Waals surface area contributed by atoms with Crippen molar-refractivity contribution in [1.82, 2.24) is 4.90 Å². The van der Waals surface area contributed by atoms with E-state index in [-0.39, 0.29) is 5.91 Å². The maximum atomic E-state index is 11.4. The monoisotopic (exact) mass is 219 g/mol. The number of rotatable bonds is 4. The number of ether oxygens (including phenoxy) is 1. The first-order chi connectivity index (χ1) is 6.77. The van der Waals surface area contributed by atoms with E-state index in [1.54, 1.807) is 0 Å². The molecule has 0 N–H and O–H groups in total. The lowest BCUT2D eigenvalue weighted by atomic mass is 10.1. The molecule has 0 atom stereocenters. The second-order valence-corrected chi connectivity index (χ2v) is 3.87. The SMILES string of the molecule is CCC(=O)N1CCC(OCCCl)CC1. The van der Waals surface area contributed by atoms with E-state index in [9.17, 15) is 4.79 Å². The van der Waals surface area contributed by atoms with Crippen LogP contribution in [0.4, 0.5) is 0 Å². The Morgan fingerprint density at radius 2 is 2.14 bits per heavy atom. The quantitative estimate of drug-likeness (QED) is 0.673. The Morgan fingerprint density at radius 1 is 1.50 bits per heavy atom. The van der Waals surface area contributed by atoms with Crippen molar-refractivity contribution in [3.63, 3.8) is 0 Å². The van der Waals surface area contributed by atoms with Crippen LogP contribution in [0.25, 0.3) is 0 Å². The van der Waals surface area contributed by atoms with Crippen molar-refractivity contribution in [3.05, 3.63) is 0 Å². The Labute approximate surface area is 90.4 Å². The highest BCUT2D eigenvalue weighted by atomic mass is 35.5. The van der Waals surface area contributed by atoms with Gasteiger partial charge in [0.25, 0.3) is 0 Å². The van der Waals surface area contributed by atoms with Crippen LogP contribution in [0.5, 0.6) is 0 Å². The number of piperidine rings is 1. The molecule has 0 spiro atoms. The summed E-state index contributed by atoms with van der Waals surface area (Å²) >= 11 is 5.53. The first kappa shape index (κ1) is 11.8. The van der Waals surface area contributed by atoms with Crippen molar-refractivity contribution in [2.24, 2.45) is 0 Å². The maximum Gasteiger partial charge on any atom is 0.222 e. The molecule has 4 heteroatoms. The minimum atomic E-state index is 0.251. The zero-order chi connectivity index (χ0) is 10.4. The zero-order valence-electron chi connectivity index (χ0n) is 8.67. The second kappa shape index (κ2) is 6.25. The highest BCUT2D eigenvalue weighted by molar-refractivity contribution is 6.17. The number of alkyl halides is 1. The van der Waals surface area contributed by atoms with Gasteiger partial charge in [0.2, 0.25) is 5.91 Å². The van der Waals surface area contributed by atoms with Gasteiger partial charge in [-0.15, -0.1) is 11.6 Å². The molecule has 3 nitrogen and oxygen atoms in total. The van der Waals surface area contributed by atoms with E-state index in [4.69, 9.17) is 16.3 Å². The smallest absolute Gasteiger partial charge is 0.222 e. The Balaban J connectivity index is 2.20. The van der Waals surface area contributed by atoms with Gasteiger partial charge in [-0.1, -0.05) is 6.92 Å². The molecule has 1 heterocycles. The summed E-state index contributed by atoms with van der Waals surface area (Å²) in [5.41, 5.74) is 0. The summed E-state index contributed by atoms with van der Waals surface area (Å²) in [6.45, 7) is 4.19. The summed E-state index contributed by atoms with van der Waals surface area (Å²) in [4.78, 5) is 13.3. The molecule has 0 aliphatic carbocycles. The fourth-order valence-corrected chi connectivity index (χ4v) is 1.80. The van der Waals surface area contributed by atoms with E-state index in [1.807, 2.05) is 11.8 Å². The molecule has 1 saturated heterocycles. The van der Waals surface area contributed by atoms with Crippen molar-refractivity contribution in [2.75, 3.05) is 25.6 Å². The molecule has 1 rings (SSSR count). The molecular formula is C10H18ClNO2. The largest absolute Gasteiger partial charge is 0.377 e. The van der Waals surface area contributed by atoms with Gasteiger partial charge < -0.3 is 9.64 Å². The van der Waals surface area contributed by atoms with Crippen LogP contribution in [0.2, 0.25) is 0 Å². The average Bonchev–Trinajstić information content (AvgIpc) is 2.26. The Bertz CT molecular complexity index is 179. The number of halogens is 1. The number of amides is 1. The highest BCUT2D eigenvalue weighted by Gasteiger charge is 2.21. The van der Waals surface area contributed by atoms with Crippen LogP contribution in [0.3, 0.4) is 0 Å². The lowest BCUT2D eigenvalue weighted by Gasteiger charge is -2.31. The number of nitrogens with zero attached hydrogens (tertiary/aromatic N) is 1. The van der Waals surface area contributed by atoms with Gasteiger partial charge in [-0.05, 0) is 12.8 Å². The van der Waals surface area contributed by atoms with Gasteiger partial charge in [-0.2, -0.15) is 0 Å². The fourth-order valence-electron chi connectivity index (χ4n) is 1.71. The fraction of sp³-hybridized carbons (Fsp3) is 0.900. The maximum absolute atomic E-state index is 11.4. The Kier molecular flexibility index (Phi) is 5.26. The third-order valence-electron chi connectivity index (χ3n) is 2.53. The Hall–Kier alpha value is -0.280. The van der Waals surface area contributed by atoms with Gasteiger partial charge in [-0.3, -0.25) is 4.79 Å². The van der Waals surface area contributed by atoms with E-state index in [2.05, 4.69) is 0 Å². The van der Waals surface area contributed by atoms with Crippen LogP contribution < -0.4 is 0 Å². The topological polar surface area (TPSA) is 29.5 Å².